The van der Waals surface area contributed by atoms with Gasteiger partial charge >= 0.3 is 0 Å². The number of hydrogen-bond acceptors (Lipinski definition) is 3. The van der Waals surface area contributed by atoms with Crippen LogP contribution in [-0.2, 0) is 0 Å². The molecule has 2 aromatic carbocycles. The fourth-order valence-electron chi connectivity index (χ4n) is 1.42. The molecule has 4 heteroatoms. The van der Waals surface area contributed by atoms with E-state index in [1.165, 1.54) is 12.3 Å². The second-order valence-corrected chi connectivity index (χ2v) is 3.62. The van der Waals surface area contributed by atoms with Gasteiger partial charge in [0, 0.05) is 5.56 Å². The molecular weight excluding hydrogens is 231 g/mol. The zero-order valence-corrected chi connectivity index (χ0v) is 9.93. The van der Waals surface area contributed by atoms with E-state index in [1.54, 1.807) is 25.3 Å². The number of halogens is 1. The van der Waals surface area contributed by atoms with Crippen molar-refractivity contribution >= 4 is 11.9 Å². The van der Waals surface area contributed by atoms with Crippen LogP contribution in [0.3, 0.4) is 0 Å². The standard InChI is InChI=1S/C14H13FN2O/c1-18-13-8-6-12(7-9-13)17-16-10-11-4-2-3-5-14(11)15/h2-10,17H,1H3/b16-10+. The molecule has 0 spiro atoms. The van der Waals surface area contributed by atoms with Crippen molar-refractivity contribution in [2.24, 2.45) is 5.10 Å². The molecule has 92 valence electrons. The summed E-state index contributed by atoms with van der Waals surface area (Å²) in [5.41, 5.74) is 4.07. The van der Waals surface area contributed by atoms with Crippen LogP contribution in [0.5, 0.6) is 5.75 Å². The van der Waals surface area contributed by atoms with Gasteiger partial charge in [0.2, 0.25) is 0 Å². The Bertz CT molecular complexity index is 538. The van der Waals surface area contributed by atoms with E-state index in [2.05, 4.69) is 10.5 Å². The molecule has 3 nitrogen and oxygen atoms in total. The lowest BCUT2D eigenvalue weighted by Crippen LogP contribution is -1.93. The maximum absolute atomic E-state index is 13.3. The predicted molar refractivity (Wildman–Crippen MR) is 70.6 cm³/mol. The van der Waals surface area contributed by atoms with Gasteiger partial charge in [-0.2, -0.15) is 5.10 Å². The molecule has 0 radical (unpaired) electrons. The number of methoxy groups -OCH3 is 1. The van der Waals surface area contributed by atoms with Gasteiger partial charge in [-0.1, -0.05) is 18.2 Å². The van der Waals surface area contributed by atoms with Crippen molar-refractivity contribution in [3.05, 3.63) is 59.9 Å². The van der Waals surface area contributed by atoms with Crippen LogP contribution >= 0.6 is 0 Å². The molecule has 1 N–H and O–H groups in total. The first kappa shape index (κ1) is 12.1. The Kier molecular flexibility index (Phi) is 3.91. The Morgan fingerprint density at radius 3 is 2.50 bits per heavy atom. The minimum atomic E-state index is -0.294. The van der Waals surface area contributed by atoms with Gasteiger partial charge in [0.05, 0.1) is 19.0 Å². The number of hydrogen-bond donors (Lipinski definition) is 1. The molecule has 0 atom stereocenters. The summed E-state index contributed by atoms with van der Waals surface area (Å²) in [6.07, 6.45) is 1.44. The predicted octanol–water partition coefficient (Wildman–Crippen LogP) is 3.28. The molecule has 0 aliphatic heterocycles. The number of benzene rings is 2. The van der Waals surface area contributed by atoms with Gasteiger partial charge in [0.1, 0.15) is 11.6 Å². The molecule has 0 heterocycles. The molecule has 0 fully saturated rings. The molecule has 0 bridgehead atoms. The van der Waals surface area contributed by atoms with E-state index in [0.717, 1.165) is 11.4 Å². The fourth-order valence-corrected chi connectivity index (χ4v) is 1.42. The SMILES string of the molecule is COc1ccc(N/N=C/c2ccccc2F)cc1. The lowest BCUT2D eigenvalue weighted by molar-refractivity contribution is 0.415. The maximum Gasteiger partial charge on any atom is 0.132 e. The van der Waals surface area contributed by atoms with E-state index in [1.807, 2.05) is 24.3 Å². The summed E-state index contributed by atoms with van der Waals surface area (Å²) in [6, 6.07) is 13.8. The van der Waals surface area contributed by atoms with Gasteiger partial charge in [-0.25, -0.2) is 4.39 Å². The highest BCUT2D eigenvalue weighted by Crippen LogP contribution is 2.14. The van der Waals surface area contributed by atoms with Gasteiger partial charge in [-0.15, -0.1) is 0 Å². The third-order valence-electron chi connectivity index (χ3n) is 2.39. The fraction of sp³-hybridized carbons (Fsp3) is 0.0714. The smallest absolute Gasteiger partial charge is 0.132 e. The lowest BCUT2D eigenvalue weighted by Gasteiger charge is -2.02. The van der Waals surface area contributed by atoms with E-state index in [4.69, 9.17) is 4.74 Å². The lowest BCUT2D eigenvalue weighted by atomic mass is 10.2. The van der Waals surface area contributed by atoms with Gasteiger partial charge in [-0.3, -0.25) is 5.43 Å². The van der Waals surface area contributed by atoms with Crippen molar-refractivity contribution < 1.29 is 9.13 Å². The third-order valence-corrected chi connectivity index (χ3v) is 2.39. The minimum absolute atomic E-state index is 0.294. The van der Waals surface area contributed by atoms with E-state index >= 15 is 0 Å². The van der Waals surface area contributed by atoms with Crippen molar-refractivity contribution in [2.75, 3.05) is 12.5 Å². The van der Waals surface area contributed by atoms with Gasteiger partial charge in [0.25, 0.3) is 0 Å². The molecular formula is C14H13FN2O. The molecule has 0 aliphatic rings. The Labute approximate surface area is 105 Å². The molecule has 0 saturated carbocycles. The van der Waals surface area contributed by atoms with Crippen LogP contribution in [-0.4, -0.2) is 13.3 Å². The Balaban J connectivity index is 2.00. The van der Waals surface area contributed by atoms with Crippen molar-refractivity contribution in [1.82, 2.24) is 0 Å². The van der Waals surface area contributed by atoms with Crippen LogP contribution in [0, 0.1) is 5.82 Å². The van der Waals surface area contributed by atoms with Crippen LogP contribution in [0.1, 0.15) is 5.56 Å². The Morgan fingerprint density at radius 1 is 1.11 bits per heavy atom. The summed E-state index contributed by atoms with van der Waals surface area (Å²) in [7, 11) is 1.61. The first-order valence-electron chi connectivity index (χ1n) is 5.47. The molecule has 18 heavy (non-hydrogen) atoms. The summed E-state index contributed by atoms with van der Waals surface area (Å²) in [6.45, 7) is 0. The summed E-state index contributed by atoms with van der Waals surface area (Å²) in [5.74, 6) is 0.483. The second kappa shape index (κ2) is 5.82. The Morgan fingerprint density at radius 2 is 1.83 bits per heavy atom. The number of anilines is 1. The number of rotatable bonds is 4. The average Bonchev–Trinajstić information content (AvgIpc) is 2.42. The topological polar surface area (TPSA) is 33.6 Å². The highest BCUT2D eigenvalue weighted by molar-refractivity contribution is 5.80. The molecule has 0 amide bonds. The van der Waals surface area contributed by atoms with Crippen LogP contribution < -0.4 is 10.2 Å². The average molecular weight is 244 g/mol. The molecule has 0 aromatic heterocycles. The minimum Gasteiger partial charge on any atom is -0.497 e. The summed E-state index contributed by atoms with van der Waals surface area (Å²) < 4.78 is 18.3. The van der Waals surface area contributed by atoms with Gasteiger partial charge in [-0.05, 0) is 30.3 Å². The van der Waals surface area contributed by atoms with E-state index < -0.39 is 0 Å². The molecule has 0 aliphatic carbocycles. The van der Waals surface area contributed by atoms with Crippen molar-refractivity contribution in [3.63, 3.8) is 0 Å². The zero-order chi connectivity index (χ0) is 12.8. The molecule has 2 aromatic rings. The molecule has 0 unspecified atom stereocenters. The summed E-state index contributed by atoms with van der Waals surface area (Å²) >= 11 is 0. The first-order chi connectivity index (χ1) is 8.79. The highest BCUT2D eigenvalue weighted by Gasteiger charge is 1.96. The molecule has 0 saturated heterocycles. The monoisotopic (exact) mass is 244 g/mol. The normalized spacial score (nSPS) is 10.6. The number of hydrazone groups is 1. The number of nitrogens with zero attached hydrogens (tertiary/aromatic N) is 1. The summed E-state index contributed by atoms with van der Waals surface area (Å²) in [4.78, 5) is 0. The largest absolute Gasteiger partial charge is 0.497 e. The van der Waals surface area contributed by atoms with E-state index in [9.17, 15) is 4.39 Å². The van der Waals surface area contributed by atoms with Crippen molar-refractivity contribution in [3.8, 4) is 5.75 Å². The zero-order valence-electron chi connectivity index (χ0n) is 9.93. The third kappa shape index (κ3) is 3.07. The van der Waals surface area contributed by atoms with Crippen molar-refractivity contribution in [2.45, 2.75) is 0 Å². The quantitative estimate of drug-likeness (QED) is 0.661. The van der Waals surface area contributed by atoms with Gasteiger partial charge < -0.3 is 4.74 Å². The van der Waals surface area contributed by atoms with Crippen LogP contribution in [0.2, 0.25) is 0 Å². The van der Waals surface area contributed by atoms with E-state index in [0.29, 0.717) is 5.56 Å². The van der Waals surface area contributed by atoms with E-state index in [-0.39, 0.29) is 5.82 Å². The Hall–Kier alpha value is -2.36. The number of nitrogens with one attached hydrogen (secondary N) is 1. The second-order valence-electron chi connectivity index (χ2n) is 3.62. The highest BCUT2D eigenvalue weighted by atomic mass is 19.1. The van der Waals surface area contributed by atoms with Gasteiger partial charge in [0.15, 0.2) is 0 Å². The molecule has 2 rings (SSSR count). The van der Waals surface area contributed by atoms with Crippen LogP contribution in [0.25, 0.3) is 0 Å². The first-order valence-corrected chi connectivity index (χ1v) is 5.47. The van der Waals surface area contributed by atoms with Crippen LogP contribution in [0.4, 0.5) is 10.1 Å². The number of ether oxygens (including phenoxy) is 1. The van der Waals surface area contributed by atoms with Crippen LogP contribution in [0.15, 0.2) is 53.6 Å². The van der Waals surface area contributed by atoms with Crippen molar-refractivity contribution in [1.29, 1.82) is 0 Å². The maximum atomic E-state index is 13.3. The summed E-state index contributed by atoms with van der Waals surface area (Å²) in [5, 5.41) is 3.97.